The average molecular weight is 396 g/mol. The van der Waals surface area contributed by atoms with E-state index in [-0.39, 0.29) is 11.3 Å². The Morgan fingerprint density at radius 1 is 1.22 bits per heavy atom. The average Bonchev–Trinajstić information content (AvgIpc) is 2.54. The summed E-state index contributed by atoms with van der Waals surface area (Å²) in [5.41, 5.74) is 4.19. The van der Waals surface area contributed by atoms with Gasteiger partial charge in [0.1, 0.15) is 0 Å². The minimum absolute atomic E-state index is 0.258. The first kappa shape index (κ1) is 18.5. The largest absolute Gasteiger partial charge is 0.481 e. The molecule has 0 saturated heterocycles. The van der Waals surface area contributed by atoms with Gasteiger partial charge in [-0.1, -0.05) is 65.5 Å². The van der Waals surface area contributed by atoms with Crippen molar-refractivity contribution in [2.75, 3.05) is 0 Å². The van der Waals surface area contributed by atoms with Crippen molar-refractivity contribution in [1.82, 2.24) is 0 Å². The van der Waals surface area contributed by atoms with Crippen LogP contribution in [0, 0.1) is 34.5 Å². The van der Waals surface area contributed by atoms with Crippen LogP contribution >= 0.6 is 0 Å². The van der Waals surface area contributed by atoms with Gasteiger partial charge in [0.05, 0.1) is 14.0 Å². The summed E-state index contributed by atoms with van der Waals surface area (Å²) in [6.07, 6.45) is 7.52. The van der Waals surface area contributed by atoms with Crippen LogP contribution in [0.5, 0.6) is 0 Å². The van der Waals surface area contributed by atoms with Crippen molar-refractivity contribution in [1.29, 1.82) is 0 Å². The molecule has 0 spiro atoms. The zero-order valence-corrected chi connectivity index (χ0v) is 19.7. The van der Waals surface area contributed by atoms with Crippen LogP contribution in [0.4, 0.5) is 0 Å². The van der Waals surface area contributed by atoms with Gasteiger partial charge >= 0.3 is 5.97 Å². The van der Waals surface area contributed by atoms with E-state index in [2.05, 4.69) is 53.0 Å². The highest BCUT2D eigenvalue weighted by molar-refractivity contribution is 6.81. The summed E-state index contributed by atoms with van der Waals surface area (Å²) in [5, 5.41) is 9.88. The molecule has 2 saturated carbocycles. The van der Waals surface area contributed by atoms with Crippen molar-refractivity contribution in [2.24, 2.45) is 34.5 Å². The third-order valence-corrected chi connectivity index (χ3v) is 8.47. The summed E-state index contributed by atoms with van der Waals surface area (Å²) >= 11 is 0. The second-order valence-electron chi connectivity index (χ2n) is 11.8. The Morgan fingerprint density at radius 2 is 1.81 bits per heavy atom. The predicted molar refractivity (Wildman–Crippen MR) is 119 cm³/mol. The topological polar surface area (TPSA) is 37.3 Å². The second-order valence-corrected chi connectivity index (χ2v) is 16.8. The van der Waals surface area contributed by atoms with Gasteiger partial charge in [-0.2, -0.15) is 0 Å². The molecule has 0 amide bonds. The summed E-state index contributed by atoms with van der Waals surface area (Å²) in [6.45, 7) is 13.7. The molecule has 0 aromatic carbocycles. The maximum Gasteiger partial charge on any atom is 0.306 e. The fourth-order valence-corrected chi connectivity index (χ4v) is 6.67. The van der Waals surface area contributed by atoms with Crippen LogP contribution in [0.25, 0.3) is 0 Å². The first-order valence-corrected chi connectivity index (χ1v) is 14.5. The summed E-state index contributed by atoms with van der Waals surface area (Å²) in [7, 11) is -1.65. The van der Waals surface area contributed by atoms with Crippen LogP contribution in [-0.4, -0.2) is 19.1 Å². The van der Waals surface area contributed by atoms with Crippen LogP contribution < -0.4 is 0 Å². The number of hydrogen-bond donors (Lipinski definition) is 1. The van der Waals surface area contributed by atoms with E-state index in [1.807, 2.05) is 0 Å². The third kappa shape index (κ3) is 5.95. The van der Waals surface area contributed by atoms with Gasteiger partial charge in [-0.3, -0.25) is 4.79 Å². The highest BCUT2D eigenvalue weighted by Crippen LogP contribution is 2.53. The SMILES string of the molecule is [2H]C([2H])([2H])[C@@H](C(=O)O)[C@@H]1CC[C@@H](C)[C@H](CC2(C)CCC(C)(C)CC2)/C1=C\[Si](C)(C)C. The highest BCUT2D eigenvalue weighted by Gasteiger charge is 2.43. The quantitative estimate of drug-likeness (QED) is 0.501. The van der Waals surface area contributed by atoms with Gasteiger partial charge in [0, 0.05) is 4.11 Å². The first-order valence-electron chi connectivity index (χ1n) is 12.4. The number of carbonyl (C=O) groups is 1. The number of carboxylic acid groups (broad SMARTS) is 1. The van der Waals surface area contributed by atoms with E-state index in [4.69, 9.17) is 4.11 Å². The van der Waals surface area contributed by atoms with Crippen LogP contribution in [0.1, 0.15) is 83.6 Å². The van der Waals surface area contributed by atoms with Crippen LogP contribution in [-0.2, 0) is 4.79 Å². The number of rotatable bonds is 5. The van der Waals surface area contributed by atoms with Crippen LogP contribution in [0.2, 0.25) is 19.6 Å². The zero-order chi connectivity index (χ0) is 23.1. The molecule has 2 rings (SSSR count). The number of allylic oxidation sites excluding steroid dienone is 1. The molecule has 2 nitrogen and oxygen atoms in total. The monoisotopic (exact) mass is 395 g/mol. The molecule has 0 unspecified atom stereocenters. The Hall–Kier alpha value is -0.573. The Kier molecular flexibility index (Phi) is 5.50. The van der Waals surface area contributed by atoms with Gasteiger partial charge < -0.3 is 5.11 Å². The van der Waals surface area contributed by atoms with Crippen LogP contribution in [0.3, 0.4) is 0 Å². The van der Waals surface area contributed by atoms with Gasteiger partial charge in [-0.25, -0.2) is 0 Å². The van der Waals surface area contributed by atoms with Gasteiger partial charge in [-0.15, -0.1) is 0 Å². The minimum Gasteiger partial charge on any atom is -0.481 e. The zero-order valence-electron chi connectivity index (χ0n) is 21.7. The lowest BCUT2D eigenvalue weighted by Crippen LogP contribution is -2.38. The second kappa shape index (κ2) is 8.04. The molecule has 0 bridgehead atoms. The van der Waals surface area contributed by atoms with Crippen LogP contribution in [0.15, 0.2) is 11.3 Å². The Labute approximate surface area is 173 Å². The summed E-state index contributed by atoms with van der Waals surface area (Å²) in [4.78, 5) is 12.1. The molecule has 3 heteroatoms. The van der Waals surface area contributed by atoms with E-state index in [1.165, 1.54) is 31.3 Å². The molecule has 156 valence electrons. The Bertz CT molecular complexity index is 650. The van der Waals surface area contributed by atoms with E-state index in [0.717, 1.165) is 12.8 Å². The van der Waals surface area contributed by atoms with E-state index in [0.29, 0.717) is 23.7 Å². The van der Waals surface area contributed by atoms with Crippen molar-refractivity contribution < 1.29 is 14.0 Å². The number of aliphatic carboxylic acids is 1. The number of carboxylic acids is 1. The maximum atomic E-state index is 12.1. The summed E-state index contributed by atoms with van der Waals surface area (Å²) < 4.78 is 23.9. The third-order valence-electron chi connectivity index (χ3n) is 7.27. The molecular weight excluding hydrogens is 348 g/mol. The molecule has 2 fully saturated rings. The van der Waals surface area contributed by atoms with Gasteiger partial charge in [0.2, 0.25) is 0 Å². The lowest BCUT2D eigenvalue weighted by atomic mass is 9.58. The van der Waals surface area contributed by atoms with Gasteiger partial charge in [0.15, 0.2) is 0 Å². The molecule has 1 N–H and O–H groups in total. The van der Waals surface area contributed by atoms with Crippen molar-refractivity contribution in [3.8, 4) is 0 Å². The van der Waals surface area contributed by atoms with Gasteiger partial charge in [-0.05, 0) is 73.5 Å². The van der Waals surface area contributed by atoms with Crippen molar-refractivity contribution in [3.05, 3.63) is 11.3 Å². The molecule has 0 aromatic rings. The van der Waals surface area contributed by atoms with Crippen molar-refractivity contribution in [3.63, 3.8) is 0 Å². The number of hydrogen-bond acceptors (Lipinski definition) is 1. The van der Waals surface area contributed by atoms with Crippen molar-refractivity contribution >= 4 is 14.0 Å². The normalized spacial score (nSPS) is 35.7. The fraction of sp³-hybridized carbons (Fsp3) is 0.875. The molecule has 0 radical (unpaired) electrons. The minimum atomic E-state index is -2.47. The molecule has 4 atom stereocenters. The maximum absolute atomic E-state index is 12.1. The van der Waals surface area contributed by atoms with E-state index >= 15 is 0 Å². The van der Waals surface area contributed by atoms with E-state index in [1.54, 1.807) is 0 Å². The lowest BCUT2D eigenvalue weighted by molar-refractivity contribution is -0.143. The van der Waals surface area contributed by atoms with E-state index in [9.17, 15) is 9.90 Å². The summed E-state index contributed by atoms with van der Waals surface area (Å²) in [6, 6.07) is 0. The summed E-state index contributed by atoms with van der Waals surface area (Å²) in [5.74, 6) is -2.06. The smallest absolute Gasteiger partial charge is 0.306 e. The molecule has 0 heterocycles. The fourth-order valence-electron chi connectivity index (χ4n) is 5.24. The lowest BCUT2D eigenvalue weighted by Gasteiger charge is -2.47. The predicted octanol–water partition coefficient (Wildman–Crippen LogP) is 7.17. The molecule has 2 aliphatic rings. The molecule has 2 aliphatic carbocycles. The standard InChI is InChI=1S/C24H44O2Si/c1-17-9-10-19(18(2)22(25)26)21(16-27(6,7)8)20(17)15-24(5)13-11-23(3,4)12-14-24/h16-20H,9-15H2,1-8H3,(H,25,26)/b21-16-/t17-,18-,19+,20+/m1/s1/i2D3. The first-order chi connectivity index (χ1) is 13.4. The molecular formula is C24H44O2Si. The highest BCUT2D eigenvalue weighted by atomic mass is 28.3. The van der Waals surface area contributed by atoms with E-state index < -0.39 is 26.8 Å². The molecule has 0 aromatic heterocycles. The van der Waals surface area contributed by atoms with Crippen molar-refractivity contribution in [2.45, 2.75) is 99.1 Å². The van der Waals surface area contributed by atoms with Gasteiger partial charge in [0.25, 0.3) is 0 Å². The molecule has 27 heavy (non-hydrogen) atoms. The Balaban J connectivity index is 2.43. The Morgan fingerprint density at radius 3 is 2.30 bits per heavy atom. The molecule has 0 aliphatic heterocycles.